The number of hydrogen-bond acceptors (Lipinski definition) is 1. The lowest BCUT2D eigenvalue weighted by molar-refractivity contribution is -0.119. The normalized spacial score (nSPS) is 8.33. The second kappa shape index (κ2) is 13.5. The third kappa shape index (κ3) is 12.6. The van der Waals surface area contributed by atoms with E-state index >= 15 is 0 Å². The van der Waals surface area contributed by atoms with Gasteiger partial charge in [0.2, 0.25) is 5.91 Å². The van der Waals surface area contributed by atoms with Gasteiger partial charge in [0.05, 0.1) is 0 Å². The van der Waals surface area contributed by atoms with Crippen LogP contribution in [0.5, 0.6) is 0 Å². The van der Waals surface area contributed by atoms with E-state index in [0.717, 1.165) is 6.42 Å². The third-order valence-electron chi connectivity index (χ3n) is 1.42. The Morgan fingerprint density at radius 2 is 1.83 bits per heavy atom. The van der Waals surface area contributed by atoms with Gasteiger partial charge in [0.25, 0.3) is 0 Å². The third-order valence-corrected chi connectivity index (χ3v) is 1.74. The average molecular weight is 191 g/mol. The maximum Gasteiger partial charge on any atom is 0.222 e. The standard InChI is InChI=1S/C7H16NOP.C2H6/c1-2-3-4-5-6-7(9)8-10;1-2/h2-6,10H2,1H3,(H,8,9);1-2H3. The predicted octanol–water partition coefficient (Wildman–Crippen LogP) is 2.89. The van der Waals surface area contributed by atoms with Gasteiger partial charge in [-0.1, -0.05) is 40.0 Å². The maximum absolute atomic E-state index is 10.6. The molecular weight excluding hydrogens is 169 g/mol. The fourth-order valence-electron chi connectivity index (χ4n) is 0.785. The summed E-state index contributed by atoms with van der Waals surface area (Å²) in [6, 6.07) is 0. The summed E-state index contributed by atoms with van der Waals surface area (Å²) in [7, 11) is 2.22. The highest BCUT2D eigenvalue weighted by Gasteiger charge is 1.95. The molecule has 1 unspecified atom stereocenters. The lowest BCUT2D eigenvalue weighted by Gasteiger charge is -1.97. The van der Waals surface area contributed by atoms with Crippen LogP contribution in [-0.4, -0.2) is 5.91 Å². The molecule has 0 aromatic rings. The lowest BCUT2D eigenvalue weighted by Crippen LogP contribution is -2.10. The predicted molar refractivity (Wildman–Crippen MR) is 58.0 cm³/mol. The highest BCUT2D eigenvalue weighted by Crippen LogP contribution is 2.01. The molecule has 0 spiro atoms. The number of hydrogen-bond donors (Lipinski definition) is 1. The van der Waals surface area contributed by atoms with E-state index in [2.05, 4.69) is 21.4 Å². The van der Waals surface area contributed by atoms with Crippen molar-refractivity contribution in [1.82, 2.24) is 5.09 Å². The second-order valence-corrected chi connectivity index (χ2v) is 2.67. The van der Waals surface area contributed by atoms with Crippen LogP contribution >= 0.6 is 9.39 Å². The molecule has 0 aliphatic carbocycles. The number of unbranched alkanes of at least 4 members (excludes halogenated alkanes) is 3. The lowest BCUT2D eigenvalue weighted by atomic mass is 10.1. The minimum absolute atomic E-state index is 0.126. The Morgan fingerprint density at radius 3 is 2.25 bits per heavy atom. The fourth-order valence-corrected chi connectivity index (χ4v) is 0.929. The van der Waals surface area contributed by atoms with Crippen LogP contribution in [0.4, 0.5) is 0 Å². The van der Waals surface area contributed by atoms with Crippen LogP contribution in [0.2, 0.25) is 0 Å². The summed E-state index contributed by atoms with van der Waals surface area (Å²) in [5, 5.41) is 2.52. The van der Waals surface area contributed by atoms with Crippen LogP contribution in [0.3, 0.4) is 0 Å². The van der Waals surface area contributed by atoms with E-state index in [1.54, 1.807) is 0 Å². The van der Waals surface area contributed by atoms with Gasteiger partial charge < -0.3 is 5.09 Å². The minimum atomic E-state index is 0.126. The highest BCUT2D eigenvalue weighted by molar-refractivity contribution is 7.15. The Hall–Kier alpha value is -0.100. The first-order valence-corrected chi connectivity index (χ1v) is 5.38. The maximum atomic E-state index is 10.6. The molecule has 0 bridgehead atoms. The molecule has 1 N–H and O–H groups in total. The summed E-state index contributed by atoms with van der Waals surface area (Å²) < 4.78 is 0. The number of carbonyl (C=O) groups is 1. The van der Waals surface area contributed by atoms with Crippen molar-refractivity contribution < 1.29 is 4.79 Å². The van der Waals surface area contributed by atoms with E-state index < -0.39 is 0 Å². The van der Waals surface area contributed by atoms with Gasteiger partial charge in [-0.2, -0.15) is 0 Å². The molecular formula is C9H22NOP. The molecule has 0 rings (SSSR count). The Kier molecular flexibility index (Phi) is 16.2. The summed E-state index contributed by atoms with van der Waals surface area (Å²) >= 11 is 0. The van der Waals surface area contributed by atoms with Crippen molar-refractivity contribution in [2.75, 3.05) is 0 Å². The molecule has 0 aromatic heterocycles. The van der Waals surface area contributed by atoms with Gasteiger partial charge in [-0.15, -0.1) is 0 Å². The molecule has 0 aliphatic rings. The molecule has 0 radical (unpaired) electrons. The molecule has 74 valence electrons. The SMILES string of the molecule is CC.CCCCCCC(=O)NP. The van der Waals surface area contributed by atoms with Crippen molar-refractivity contribution in [3.05, 3.63) is 0 Å². The number of nitrogens with one attached hydrogen (secondary N) is 1. The van der Waals surface area contributed by atoms with E-state index in [9.17, 15) is 4.79 Å². The van der Waals surface area contributed by atoms with Gasteiger partial charge in [-0.05, 0) is 15.8 Å². The smallest absolute Gasteiger partial charge is 0.222 e. The molecule has 0 heterocycles. The quantitative estimate of drug-likeness (QED) is 0.525. The van der Waals surface area contributed by atoms with Crippen LogP contribution in [0, 0.1) is 0 Å². The van der Waals surface area contributed by atoms with Gasteiger partial charge in [-0.25, -0.2) is 0 Å². The Balaban J connectivity index is 0. The minimum Gasteiger partial charge on any atom is -0.341 e. The molecule has 3 heteroatoms. The van der Waals surface area contributed by atoms with Gasteiger partial charge in [0.15, 0.2) is 0 Å². The first-order valence-electron chi connectivity index (χ1n) is 4.80. The summed E-state index contributed by atoms with van der Waals surface area (Å²) in [5.74, 6) is 0.126. The van der Waals surface area contributed by atoms with Crippen molar-refractivity contribution in [1.29, 1.82) is 0 Å². The molecule has 1 atom stereocenters. The Bertz CT molecular complexity index is 96.5. The van der Waals surface area contributed by atoms with Crippen LogP contribution < -0.4 is 5.09 Å². The van der Waals surface area contributed by atoms with Crippen molar-refractivity contribution in [2.24, 2.45) is 0 Å². The van der Waals surface area contributed by atoms with E-state index in [1.165, 1.54) is 19.3 Å². The fraction of sp³-hybridized carbons (Fsp3) is 0.889. The van der Waals surface area contributed by atoms with Crippen LogP contribution in [-0.2, 0) is 4.79 Å². The Morgan fingerprint density at radius 1 is 1.25 bits per heavy atom. The first kappa shape index (κ1) is 14.4. The van der Waals surface area contributed by atoms with Crippen molar-refractivity contribution in [3.63, 3.8) is 0 Å². The first-order chi connectivity index (χ1) is 5.81. The van der Waals surface area contributed by atoms with E-state index in [1.807, 2.05) is 13.8 Å². The van der Waals surface area contributed by atoms with Crippen molar-refractivity contribution in [2.45, 2.75) is 52.9 Å². The molecule has 0 fully saturated rings. The van der Waals surface area contributed by atoms with E-state index in [0.29, 0.717) is 6.42 Å². The highest BCUT2D eigenvalue weighted by atomic mass is 31.0. The second-order valence-electron chi connectivity index (χ2n) is 2.38. The van der Waals surface area contributed by atoms with Crippen LogP contribution in [0.15, 0.2) is 0 Å². The number of amides is 1. The summed E-state index contributed by atoms with van der Waals surface area (Å²) in [5.41, 5.74) is 0. The summed E-state index contributed by atoms with van der Waals surface area (Å²) in [6.45, 7) is 6.16. The average Bonchev–Trinajstić information content (AvgIpc) is 2.15. The zero-order valence-corrected chi connectivity index (χ0v) is 9.68. The van der Waals surface area contributed by atoms with E-state index in [4.69, 9.17) is 0 Å². The van der Waals surface area contributed by atoms with Crippen LogP contribution in [0.1, 0.15) is 52.9 Å². The number of carbonyl (C=O) groups excluding carboxylic acids is 1. The van der Waals surface area contributed by atoms with Gasteiger partial charge in [0, 0.05) is 6.42 Å². The molecule has 2 nitrogen and oxygen atoms in total. The van der Waals surface area contributed by atoms with E-state index in [-0.39, 0.29) is 5.91 Å². The molecule has 1 amide bonds. The topological polar surface area (TPSA) is 29.1 Å². The zero-order chi connectivity index (χ0) is 9.82. The molecule has 12 heavy (non-hydrogen) atoms. The monoisotopic (exact) mass is 191 g/mol. The molecule has 0 saturated carbocycles. The Labute approximate surface area is 78.8 Å². The zero-order valence-electron chi connectivity index (χ0n) is 8.52. The molecule has 0 saturated heterocycles. The van der Waals surface area contributed by atoms with Crippen molar-refractivity contribution in [3.8, 4) is 0 Å². The van der Waals surface area contributed by atoms with Crippen molar-refractivity contribution >= 4 is 15.3 Å². The largest absolute Gasteiger partial charge is 0.341 e. The summed E-state index contributed by atoms with van der Waals surface area (Å²) in [6.07, 6.45) is 5.33. The van der Waals surface area contributed by atoms with Gasteiger partial charge >= 0.3 is 0 Å². The summed E-state index contributed by atoms with van der Waals surface area (Å²) in [4.78, 5) is 10.6. The molecule has 0 aliphatic heterocycles. The van der Waals surface area contributed by atoms with Crippen LogP contribution in [0.25, 0.3) is 0 Å². The van der Waals surface area contributed by atoms with Gasteiger partial charge in [0.1, 0.15) is 0 Å². The molecule has 0 aromatic carbocycles. The number of rotatable bonds is 5. The van der Waals surface area contributed by atoms with Gasteiger partial charge in [-0.3, -0.25) is 4.79 Å².